The van der Waals surface area contributed by atoms with Crippen LogP contribution >= 0.6 is 0 Å². The van der Waals surface area contributed by atoms with E-state index >= 15 is 0 Å². The maximum Gasteiger partial charge on any atom is 0.294 e. The Labute approximate surface area is 228 Å². The highest BCUT2D eigenvalue weighted by Gasteiger charge is 2.12. The van der Waals surface area contributed by atoms with E-state index in [2.05, 4.69) is 20.5 Å². The van der Waals surface area contributed by atoms with Gasteiger partial charge in [0, 0.05) is 21.8 Å². The average molecular weight is 548 g/mol. The zero-order chi connectivity index (χ0) is 27.9. The number of rotatable bonds is 5. The second-order valence-corrected chi connectivity index (χ2v) is 10.5. The van der Waals surface area contributed by atoms with Gasteiger partial charge in [0.15, 0.2) is 0 Å². The summed E-state index contributed by atoms with van der Waals surface area (Å²) in [6.45, 7) is 0. The number of benzene rings is 6. The molecule has 196 valence electrons. The summed E-state index contributed by atoms with van der Waals surface area (Å²) in [6.07, 6.45) is 0. The van der Waals surface area contributed by atoms with E-state index in [0.29, 0.717) is 39.2 Å². The van der Waals surface area contributed by atoms with Crippen LogP contribution in [0, 0.1) is 0 Å². The summed E-state index contributed by atoms with van der Waals surface area (Å²) >= 11 is 0. The van der Waals surface area contributed by atoms with Crippen molar-refractivity contribution in [1.82, 2.24) is 0 Å². The molecule has 0 radical (unpaired) electrons. The topological polar surface area (TPSA) is 150 Å². The molecule has 0 spiro atoms. The van der Waals surface area contributed by atoms with Gasteiger partial charge >= 0.3 is 0 Å². The number of phenolic OH excluding ortho intramolecular Hbond substituents is 1. The number of azo groups is 2. The fraction of sp³-hybridized carbons (Fsp3) is 0. The van der Waals surface area contributed by atoms with Crippen molar-refractivity contribution in [2.45, 2.75) is 4.90 Å². The molecule has 0 bridgehead atoms. The van der Waals surface area contributed by atoms with Crippen LogP contribution in [0.3, 0.4) is 0 Å². The summed E-state index contributed by atoms with van der Waals surface area (Å²) in [6, 6.07) is 29.6. The molecule has 0 aliphatic rings. The van der Waals surface area contributed by atoms with E-state index in [1.54, 1.807) is 54.6 Å². The van der Waals surface area contributed by atoms with E-state index in [4.69, 9.17) is 5.73 Å². The molecule has 0 fully saturated rings. The van der Waals surface area contributed by atoms with Crippen molar-refractivity contribution in [2.75, 3.05) is 5.73 Å². The first-order valence-corrected chi connectivity index (χ1v) is 13.6. The highest BCUT2D eigenvalue weighted by molar-refractivity contribution is 7.85. The second-order valence-electron chi connectivity index (χ2n) is 9.10. The minimum Gasteiger partial charge on any atom is -0.506 e. The SMILES string of the molecule is Nc1cccc2ccc(O)c(N=Nc3ccc(N=Nc4ccc5cc(S(=O)(=O)O)ccc5c4)c4ccccc34)c12. The first-order valence-electron chi connectivity index (χ1n) is 12.1. The van der Waals surface area contributed by atoms with Crippen LogP contribution in [0.5, 0.6) is 5.75 Å². The number of nitrogens with two attached hydrogens (primary N) is 1. The summed E-state index contributed by atoms with van der Waals surface area (Å²) in [5, 5.41) is 32.6. The molecule has 0 unspecified atom stereocenters. The van der Waals surface area contributed by atoms with Gasteiger partial charge in [-0.05, 0) is 64.7 Å². The number of nitrogens with zero attached hydrogens (tertiary/aromatic N) is 4. The molecular weight excluding hydrogens is 526 g/mol. The Morgan fingerprint density at radius 1 is 0.625 bits per heavy atom. The summed E-state index contributed by atoms with van der Waals surface area (Å²) in [5.41, 5.74) is 8.74. The van der Waals surface area contributed by atoms with Crippen LogP contribution in [0.1, 0.15) is 0 Å². The number of anilines is 1. The van der Waals surface area contributed by atoms with E-state index in [0.717, 1.165) is 21.5 Å². The first-order chi connectivity index (χ1) is 19.3. The molecule has 0 atom stereocenters. The van der Waals surface area contributed by atoms with Crippen molar-refractivity contribution >= 4 is 70.9 Å². The maximum atomic E-state index is 11.4. The number of hydrogen-bond acceptors (Lipinski definition) is 8. The Morgan fingerprint density at radius 2 is 1.27 bits per heavy atom. The molecule has 4 N–H and O–H groups in total. The molecule has 0 amide bonds. The van der Waals surface area contributed by atoms with Crippen molar-refractivity contribution < 1.29 is 18.1 Å². The molecule has 0 aliphatic carbocycles. The van der Waals surface area contributed by atoms with Crippen molar-refractivity contribution in [2.24, 2.45) is 20.5 Å². The molecule has 10 heteroatoms. The predicted molar refractivity (Wildman–Crippen MR) is 156 cm³/mol. The lowest BCUT2D eigenvalue weighted by molar-refractivity contribution is 0.477. The molecule has 0 saturated carbocycles. The molecule has 40 heavy (non-hydrogen) atoms. The quantitative estimate of drug-likeness (QED) is 0.112. The first kappa shape index (κ1) is 25.1. The fourth-order valence-corrected chi connectivity index (χ4v) is 5.08. The van der Waals surface area contributed by atoms with Gasteiger partial charge in [0.05, 0.1) is 22.0 Å². The van der Waals surface area contributed by atoms with Crippen LogP contribution in [0.2, 0.25) is 0 Å². The van der Waals surface area contributed by atoms with E-state index < -0.39 is 10.1 Å². The van der Waals surface area contributed by atoms with E-state index in [1.807, 2.05) is 36.4 Å². The van der Waals surface area contributed by atoms with Gasteiger partial charge in [0.25, 0.3) is 10.1 Å². The molecule has 0 aromatic heterocycles. The monoisotopic (exact) mass is 547 g/mol. The zero-order valence-electron chi connectivity index (χ0n) is 20.8. The third-order valence-electron chi connectivity index (χ3n) is 6.53. The van der Waals surface area contributed by atoms with E-state index in [9.17, 15) is 18.1 Å². The van der Waals surface area contributed by atoms with Gasteiger partial charge in [-0.1, -0.05) is 54.6 Å². The highest BCUT2D eigenvalue weighted by Crippen LogP contribution is 2.41. The number of aromatic hydroxyl groups is 1. The number of hydrogen-bond donors (Lipinski definition) is 3. The molecular formula is C30H21N5O4S. The normalized spacial score (nSPS) is 12.3. The Bertz CT molecular complexity index is 2130. The Balaban J connectivity index is 1.35. The van der Waals surface area contributed by atoms with Crippen molar-refractivity contribution in [1.29, 1.82) is 0 Å². The van der Waals surface area contributed by atoms with Gasteiger partial charge in [-0.25, -0.2) is 0 Å². The van der Waals surface area contributed by atoms with Crippen LogP contribution < -0.4 is 5.73 Å². The molecule has 9 nitrogen and oxygen atoms in total. The van der Waals surface area contributed by atoms with Crippen molar-refractivity contribution in [3.63, 3.8) is 0 Å². The average Bonchev–Trinajstić information content (AvgIpc) is 2.95. The lowest BCUT2D eigenvalue weighted by Gasteiger charge is -2.07. The van der Waals surface area contributed by atoms with Gasteiger partial charge in [0.2, 0.25) is 0 Å². The molecule has 6 rings (SSSR count). The Morgan fingerprint density at radius 3 is 2.00 bits per heavy atom. The molecule has 6 aromatic carbocycles. The minimum absolute atomic E-state index is 0.0199. The summed E-state index contributed by atoms with van der Waals surface area (Å²) in [4.78, 5) is -0.169. The van der Waals surface area contributed by atoms with Crippen LogP contribution in [0.4, 0.5) is 28.4 Å². The Hall–Kier alpha value is -5.19. The third-order valence-corrected chi connectivity index (χ3v) is 7.38. The van der Waals surface area contributed by atoms with E-state index in [1.165, 1.54) is 12.1 Å². The van der Waals surface area contributed by atoms with Crippen LogP contribution in [-0.2, 0) is 10.1 Å². The number of nitrogen functional groups attached to an aromatic ring is 1. The minimum atomic E-state index is -4.28. The maximum absolute atomic E-state index is 11.4. The lowest BCUT2D eigenvalue weighted by Crippen LogP contribution is -1.97. The fourth-order valence-electron chi connectivity index (χ4n) is 4.57. The molecule has 0 heterocycles. The lowest BCUT2D eigenvalue weighted by atomic mass is 10.1. The standard InChI is InChI=1S/C30H21N5O4S/c31-25-7-3-4-18-10-15-28(36)30(29(18)25)35-34-27-14-13-26(23-5-1-2-6-24(23)27)33-32-21-11-8-20-17-22(40(37,38)39)12-9-19(20)16-21/h1-17,36H,31H2,(H,37,38,39). The van der Waals surface area contributed by atoms with Gasteiger partial charge < -0.3 is 10.8 Å². The summed E-state index contributed by atoms with van der Waals surface area (Å²) < 4.78 is 32.1. The van der Waals surface area contributed by atoms with Gasteiger partial charge in [0.1, 0.15) is 11.4 Å². The van der Waals surface area contributed by atoms with Crippen molar-refractivity contribution in [3.05, 3.63) is 103 Å². The van der Waals surface area contributed by atoms with Crippen LogP contribution in [0.25, 0.3) is 32.3 Å². The van der Waals surface area contributed by atoms with Crippen LogP contribution in [-0.4, -0.2) is 18.1 Å². The second kappa shape index (κ2) is 9.84. The third kappa shape index (κ3) is 4.73. The van der Waals surface area contributed by atoms with Crippen molar-refractivity contribution in [3.8, 4) is 5.75 Å². The largest absolute Gasteiger partial charge is 0.506 e. The van der Waals surface area contributed by atoms with Crippen LogP contribution in [0.15, 0.2) is 128 Å². The van der Waals surface area contributed by atoms with E-state index in [-0.39, 0.29) is 10.6 Å². The number of fused-ring (bicyclic) bond motifs is 3. The Kier molecular flexibility index (Phi) is 6.18. The summed E-state index contributed by atoms with van der Waals surface area (Å²) in [7, 11) is -4.28. The summed E-state index contributed by atoms with van der Waals surface area (Å²) in [5.74, 6) is -0.0199. The molecule has 0 saturated heterocycles. The predicted octanol–water partition coefficient (Wildman–Crippen LogP) is 8.51. The molecule has 0 aliphatic heterocycles. The smallest absolute Gasteiger partial charge is 0.294 e. The van der Waals surface area contributed by atoms with Gasteiger partial charge in [-0.15, -0.1) is 15.3 Å². The number of phenols is 1. The van der Waals surface area contributed by atoms with Gasteiger partial charge in [-0.2, -0.15) is 13.5 Å². The highest BCUT2D eigenvalue weighted by atomic mass is 32.2. The zero-order valence-corrected chi connectivity index (χ0v) is 21.6. The molecule has 6 aromatic rings. The van der Waals surface area contributed by atoms with Gasteiger partial charge in [-0.3, -0.25) is 4.55 Å².